The van der Waals surface area contributed by atoms with E-state index >= 15 is 0 Å². The van der Waals surface area contributed by atoms with Gasteiger partial charge in [0.2, 0.25) is 0 Å². The van der Waals surface area contributed by atoms with Gasteiger partial charge in [-0.1, -0.05) is 11.6 Å². The third kappa shape index (κ3) is 3.58. The van der Waals surface area contributed by atoms with Gasteiger partial charge in [0.25, 0.3) is 0 Å². The predicted octanol–water partition coefficient (Wildman–Crippen LogP) is -0.516. The maximum Gasteiger partial charge on any atom is 1.00 e. The summed E-state index contributed by atoms with van der Waals surface area (Å²) in [4.78, 5) is -0.428. The molecule has 1 unspecified atom stereocenters. The molecule has 0 saturated heterocycles. The van der Waals surface area contributed by atoms with Gasteiger partial charge < -0.3 is 4.55 Å². The Balaban J connectivity index is 0.00000144. The zero-order chi connectivity index (χ0) is 9.30. The summed E-state index contributed by atoms with van der Waals surface area (Å²) < 4.78 is 33.9. The smallest absolute Gasteiger partial charge is 0.768 e. The average Bonchev–Trinajstić information content (AvgIpc) is 1.96. The van der Waals surface area contributed by atoms with Gasteiger partial charge >= 0.3 is 29.6 Å². The van der Waals surface area contributed by atoms with Gasteiger partial charge in [-0.25, -0.2) is 4.39 Å². The number of rotatable bonds is 1. The Morgan fingerprint density at radius 3 is 2.54 bits per heavy atom. The molecule has 2 nitrogen and oxygen atoms in total. The van der Waals surface area contributed by atoms with Gasteiger partial charge in [0, 0.05) is 4.47 Å². The molecule has 1 aromatic rings. The molecule has 13 heavy (non-hydrogen) atoms. The Kier molecular flexibility index (Phi) is 6.26. The van der Waals surface area contributed by atoms with Crippen LogP contribution in [0.15, 0.2) is 21.5 Å². The Morgan fingerprint density at radius 1 is 1.54 bits per heavy atom. The van der Waals surface area contributed by atoms with Crippen LogP contribution in [-0.2, 0) is 11.1 Å². The maximum absolute atomic E-state index is 12.8. The quantitative estimate of drug-likeness (QED) is 0.397. The van der Waals surface area contributed by atoms with Gasteiger partial charge in [-0.05, 0) is 39.1 Å². The van der Waals surface area contributed by atoms with Crippen LogP contribution in [0, 0.1) is 5.82 Å². The Labute approximate surface area is 113 Å². The summed E-state index contributed by atoms with van der Waals surface area (Å²) in [6.07, 6.45) is 0. The second-order valence-corrected chi connectivity index (χ2v) is 4.10. The van der Waals surface area contributed by atoms with Crippen molar-refractivity contribution >= 4 is 38.6 Å². The molecule has 0 N–H and O–H groups in total. The van der Waals surface area contributed by atoms with E-state index < -0.39 is 21.8 Å². The summed E-state index contributed by atoms with van der Waals surface area (Å²) in [5.74, 6) is -0.820. The molecule has 66 valence electrons. The van der Waals surface area contributed by atoms with Gasteiger partial charge in [0.05, 0.1) is 9.92 Å². The van der Waals surface area contributed by atoms with Crippen molar-refractivity contribution in [2.75, 3.05) is 0 Å². The van der Waals surface area contributed by atoms with Crippen molar-refractivity contribution in [3.8, 4) is 0 Å². The molecule has 0 aromatic heterocycles. The van der Waals surface area contributed by atoms with Crippen LogP contribution in [0.1, 0.15) is 0 Å². The minimum Gasteiger partial charge on any atom is -0.768 e. The number of halogens is 3. The van der Waals surface area contributed by atoms with Crippen molar-refractivity contribution in [3.05, 3.63) is 27.4 Å². The normalized spacial score (nSPS) is 12.0. The number of hydrogen-bond acceptors (Lipinski definition) is 2. The Morgan fingerprint density at radius 2 is 2.08 bits per heavy atom. The van der Waals surface area contributed by atoms with Crippen LogP contribution in [0.4, 0.5) is 4.39 Å². The second-order valence-electron chi connectivity index (χ2n) is 1.93. The molecule has 1 rings (SSSR count). The van der Waals surface area contributed by atoms with Gasteiger partial charge in [-0.3, -0.25) is 4.21 Å². The molecule has 1 aromatic carbocycles. The summed E-state index contributed by atoms with van der Waals surface area (Å²) >= 11 is 5.91. The third-order valence-corrected chi connectivity index (χ3v) is 3.02. The molecule has 0 heterocycles. The molecule has 0 amide bonds. The van der Waals surface area contributed by atoms with Crippen LogP contribution in [0.5, 0.6) is 0 Å². The van der Waals surface area contributed by atoms with Crippen molar-refractivity contribution in [2.24, 2.45) is 0 Å². The van der Waals surface area contributed by atoms with E-state index in [4.69, 9.17) is 11.6 Å². The molecule has 0 saturated carbocycles. The minimum atomic E-state index is -2.59. The minimum absolute atomic E-state index is 0. The standard InChI is InChI=1S/C6H3BrClFO2S.Na/c7-3-1-5(9)6(12(10)11)2-4(3)8;/h1-2H,(H,10,11);/q;+1/p-1. The maximum atomic E-state index is 12.8. The third-order valence-electron chi connectivity index (χ3n) is 1.15. The first kappa shape index (κ1) is 14.0. The summed E-state index contributed by atoms with van der Waals surface area (Å²) in [5, 5.41) is 0.163. The molecule has 1 atom stereocenters. The van der Waals surface area contributed by atoms with Crippen molar-refractivity contribution in [2.45, 2.75) is 4.90 Å². The Bertz CT molecular complexity index is 350. The molecule has 0 fully saturated rings. The molecule has 0 radical (unpaired) electrons. The van der Waals surface area contributed by atoms with Gasteiger partial charge in [0.15, 0.2) is 0 Å². The zero-order valence-corrected chi connectivity index (χ0v) is 11.7. The van der Waals surface area contributed by atoms with Gasteiger partial charge in [-0.15, -0.1) is 0 Å². The van der Waals surface area contributed by atoms with Crippen molar-refractivity contribution in [1.82, 2.24) is 0 Å². The predicted molar refractivity (Wildman–Crippen MR) is 46.3 cm³/mol. The van der Waals surface area contributed by atoms with Crippen LogP contribution in [0.2, 0.25) is 5.02 Å². The van der Waals surface area contributed by atoms with Crippen LogP contribution in [0.3, 0.4) is 0 Å². The van der Waals surface area contributed by atoms with Gasteiger partial charge in [-0.2, -0.15) is 0 Å². The van der Waals surface area contributed by atoms with E-state index in [1.165, 1.54) is 0 Å². The molecular weight excluding hydrogens is 293 g/mol. The average molecular weight is 295 g/mol. The van der Waals surface area contributed by atoms with Crippen molar-refractivity contribution in [3.63, 3.8) is 0 Å². The molecule has 7 heteroatoms. The van der Waals surface area contributed by atoms with E-state index in [1.807, 2.05) is 0 Å². The van der Waals surface area contributed by atoms with E-state index in [1.54, 1.807) is 0 Å². The SMILES string of the molecule is O=S([O-])c1cc(Cl)c(Br)cc1F.[Na+]. The summed E-state index contributed by atoms with van der Waals surface area (Å²) in [6.45, 7) is 0. The Hall–Kier alpha value is 1.03. The fourth-order valence-electron chi connectivity index (χ4n) is 0.632. The topological polar surface area (TPSA) is 40.1 Å². The van der Waals surface area contributed by atoms with Crippen LogP contribution in [-0.4, -0.2) is 8.76 Å². The van der Waals surface area contributed by atoms with Gasteiger partial charge in [0.1, 0.15) is 5.82 Å². The number of benzene rings is 1. The van der Waals surface area contributed by atoms with Crippen LogP contribution in [0.25, 0.3) is 0 Å². The van der Waals surface area contributed by atoms with E-state index in [-0.39, 0.29) is 34.6 Å². The van der Waals surface area contributed by atoms with Crippen molar-refractivity contribution < 1.29 is 42.7 Å². The zero-order valence-electron chi connectivity index (χ0n) is 6.51. The first-order valence-corrected chi connectivity index (χ1v) is 5.00. The first-order chi connectivity index (χ1) is 5.52. The van der Waals surface area contributed by atoms with Crippen LogP contribution >= 0.6 is 27.5 Å². The summed E-state index contributed by atoms with van der Waals surface area (Å²) in [6, 6.07) is 2.05. The number of hydrogen-bond donors (Lipinski definition) is 0. The largest absolute Gasteiger partial charge is 1.00 e. The molecule has 0 aliphatic carbocycles. The first-order valence-electron chi connectivity index (χ1n) is 2.76. The van der Waals surface area contributed by atoms with E-state index in [0.29, 0.717) is 4.47 Å². The van der Waals surface area contributed by atoms with Crippen LogP contribution < -0.4 is 29.6 Å². The summed E-state index contributed by atoms with van der Waals surface area (Å²) in [7, 11) is 0. The fraction of sp³-hybridized carbons (Fsp3) is 0. The second kappa shape index (κ2) is 5.80. The van der Waals surface area contributed by atoms with E-state index in [2.05, 4.69) is 15.9 Å². The molecule has 0 aliphatic heterocycles. The monoisotopic (exact) mass is 294 g/mol. The molecule has 0 spiro atoms. The molecule has 0 aliphatic rings. The van der Waals surface area contributed by atoms with Crippen molar-refractivity contribution in [1.29, 1.82) is 0 Å². The fourth-order valence-corrected chi connectivity index (χ4v) is 1.61. The summed E-state index contributed by atoms with van der Waals surface area (Å²) in [5.41, 5.74) is 0. The van der Waals surface area contributed by atoms with E-state index in [9.17, 15) is 13.2 Å². The molecule has 0 bridgehead atoms. The molecular formula is C6H2BrClFNaO2S. The van der Waals surface area contributed by atoms with E-state index in [0.717, 1.165) is 12.1 Å².